The van der Waals surface area contributed by atoms with Crippen LogP contribution >= 0.6 is 15.9 Å². The van der Waals surface area contributed by atoms with Crippen molar-refractivity contribution < 1.29 is 9.84 Å². The van der Waals surface area contributed by atoms with E-state index in [1.54, 1.807) is 23.0 Å². The van der Waals surface area contributed by atoms with Gasteiger partial charge in [-0.3, -0.25) is 0 Å². The zero-order chi connectivity index (χ0) is 19.5. The third kappa shape index (κ3) is 3.44. The summed E-state index contributed by atoms with van der Waals surface area (Å²) in [5, 5.41) is 23.5. The number of rotatable bonds is 5. The van der Waals surface area contributed by atoms with Gasteiger partial charge in [0.2, 0.25) is 0 Å². The molecule has 4 rings (SSSR count). The molecule has 0 aliphatic heterocycles. The fraction of sp³-hybridized carbons (Fsp3) is 0.105. The highest BCUT2D eigenvalue weighted by Crippen LogP contribution is 2.35. The summed E-state index contributed by atoms with van der Waals surface area (Å²) in [4.78, 5) is 8.54. The minimum absolute atomic E-state index is 0.0500. The van der Waals surface area contributed by atoms with E-state index in [0.29, 0.717) is 33.6 Å². The van der Waals surface area contributed by atoms with Gasteiger partial charge in [0.1, 0.15) is 6.33 Å². The number of aromatic nitrogens is 4. The van der Waals surface area contributed by atoms with Crippen LogP contribution in [-0.2, 0) is 6.54 Å². The molecule has 2 aromatic carbocycles. The second-order valence-corrected chi connectivity index (χ2v) is 6.71. The third-order valence-electron chi connectivity index (χ3n) is 4.07. The first kappa shape index (κ1) is 18.1. The maximum atomic E-state index is 9.89. The van der Waals surface area contributed by atoms with Gasteiger partial charge in [0.05, 0.1) is 35.4 Å². The van der Waals surface area contributed by atoms with Crippen molar-refractivity contribution in [3.8, 4) is 17.2 Å². The number of methoxy groups -OCH3 is 1. The zero-order valence-electron chi connectivity index (χ0n) is 14.8. The molecule has 0 amide bonds. The summed E-state index contributed by atoms with van der Waals surface area (Å²) < 4.78 is 7.42. The molecule has 0 fully saturated rings. The van der Waals surface area contributed by atoms with Gasteiger partial charge in [0, 0.05) is 0 Å². The standard InChI is InChI=1S/C19H15BrN6O2/c1-28-16-8-12(7-15(20)17(16)27)9-23-25-18-14-10-24-26(19(14)22-11-21-18)13-5-3-2-4-6-13/h2-8,10-11,27H,9H2,1H3. The van der Waals surface area contributed by atoms with Crippen molar-refractivity contribution in [3.05, 3.63) is 65.0 Å². The second-order valence-electron chi connectivity index (χ2n) is 5.85. The Labute approximate surface area is 168 Å². The van der Waals surface area contributed by atoms with Gasteiger partial charge in [-0.25, -0.2) is 14.6 Å². The van der Waals surface area contributed by atoms with Gasteiger partial charge in [-0.2, -0.15) is 10.2 Å². The maximum absolute atomic E-state index is 9.89. The van der Waals surface area contributed by atoms with Crippen LogP contribution in [0.5, 0.6) is 11.5 Å². The lowest BCUT2D eigenvalue weighted by Crippen LogP contribution is -1.96. The number of ether oxygens (including phenoxy) is 1. The monoisotopic (exact) mass is 438 g/mol. The number of para-hydroxylation sites is 1. The molecule has 0 spiro atoms. The van der Waals surface area contributed by atoms with E-state index in [1.807, 2.05) is 30.3 Å². The molecule has 0 saturated carbocycles. The molecule has 0 radical (unpaired) electrons. The summed E-state index contributed by atoms with van der Waals surface area (Å²) in [7, 11) is 1.49. The van der Waals surface area contributed by atoms with Crippen LogP contribution in [0, 0.1) is 0 Å². The minimum Gasteiger partial charge on any atom is -0.503 e. The molecular formula is C19H15BrN6O2. The lowest BCUT2D eigenvalue weighted by Gasteiger charge is -2.07. The average Bonchev–Trinajstić information content (AvgIpc) is 3.16. The van der Waals surface area contributed by atoms with Crippen LogP contribution in [0.2, 0.25) is 0 Å². The van der Waals surface area contributed by atoms with E-state index in [9.17, 15) is 5.11 Å². The summed E-state index contributed by atoms with van der Waals surface area (Å²) in [5.74, 6) is 0.860. The van der Waals surface area contributed by atoms with Crippen LogP contribution in [0.15, 0.2) is 69.7 Å². The molecule has 0 aliphatic rings. The molecule has 9 heteroatoms. The van der Waals surface area contributed by atoms with Crippen molar-refractivity contribution in [2.24, 2.45) is 10.2 Å². The third-order valence-corrected chi connectivity index (χ3v) is 4.68. The van der Waals surface area contributed by atoms with Crippen LogP contribution in [-0.4, -0.2) is 32.0 Å². The number of hydrogen-bond donors (Lipinski definition) is 1. The summed E-state index contributed by atoms with van der Waals surface area (Å²) in [6, 6.07) is 13.2. The van der Waals surface area contributed by atoms with Crippen molar-refractivity contribution in [2.45, 2.75) is 6.54 Å². The molecule has 4 aromatic rings. The van der Waals surface area contributed by atoms with E-state index >= 15 is 0 Å². The van der Waals surface area contributed by atoms with Crippen LogP contribution in [0.1, 0.15) is 5.56 Å². The van der Waals surface area contributed by atoms with E-state index in [2.05, 4.69) is 41.2 Å². The Balaban J connectivity index is 1.62. The number of aromatic hydroxyl groups is 1. The second kappa shape index (κ2) is 7.73. The minimum atomic E-state index is 0.0500. The van der Waals surface area contributed by atoms with Crippen LogP contribution in [0.25, 0.3) is 16.7 Å². The summed E-state index contributed by atoms with van der Waals surface area (Å²) in [6.07, 6.45) is 3.12. The Bertz CT molecular complexity index is 1160. The van der Waals surface area contributed by atoms with E-state index in [0.717, 1.165) is 11.3 Å². The van der Waals surface area contributed by atoms with Crippen LogP contribution < -0.4 is 4.74 Å². The summed E-state index contributed by atoms with van der Waals surface area (Å²) in [6.45, 7) is 0.299. The molecule has 0 unspecified atom stereocenters. The van der Waals surface area contributed by atoms with Crippen LogP contribution in [0.3, 0.4) is 0 Å². The molecule has 140 valence electrons. The van der Waals surface area contributed by atoms with E-state index in [1.165, 1.54) is 13.4 Å². The Morgan fingerprint density at radius 3 is 2.79 bits per heavy atom. The highest BCUT2D eigenvalue weighted by atomic mass is 79.9. The zero-order valence-corrected chi connectivity index (χ0v) is 16.4. The number of azo groups is 1. The molecule has 8 nitrogen and oxygen atoms in total. The number of hydrogen-bond acceptors (Lipinski definition) is 7. The number of phenolic OH excluding ortho intramolecular Hbond substituents is 1. The Kier molecular flexibility index (Phi) is 4.98. The molecule has 0 aliphatic carbocycles. The first-order chi connectivity index (χ1) is 13.7. The van der Waals surface area contributed by atoms with Crippen molar-refractivity contribution in [1.82, 2.24) is 19.7 Å². The molecule has 0 saturated heterocycles. The highest BCUT2D eigenvalue weighted by Gasteiger charge is 2.11. The van der Waals surface area contributed by atoms with E-state index < -0.39 is 0 Å². The van der Waals surface area contributed by atoms with Crippen molar-refractivity contribution in [1.29, 1.82) is 0 Å². The van der Waals surface area contributed by atoms with Crippen molar-refractivity contribution >= 4 is 32.8 Å². The van der Waals surface area contributed by atoms with Gasteiger partial charge >= 0.3 is 0 Å². The highest BCUT2D eigenvalue weighted by molar-refractivity contribution is 9.10. The molecule has 0 atom stereocenters. The van der Waals surface area contributed by atoms with E-state index in [-0.39, 0.29) is 5.75 Å². The average molecular weight is 439 g/mol. The number of benzene rings is 2. The lowest BCUT2D eigenvalue weighted by atomic mass is 10.2. The van der Waals surface area contributed by atoms with E-state index in [4.69, 9.17) is 4.74 Å². The topological polar surface area (TPSA) is 97.8 Å². The molecule has 0 bridgehead atoms. The van der Waals surface area contributed by atoms with Gasteiger partial charge in [-0.05, 0) is 45.8 Å². The Morgan fingerprint density at radius 2 is 2.00 bits per heavy atom. The molecule has 1 N–H and O–H groups in total. The van der Waals surface area contributed by atoms with Gasteiger partial charge in [-0.1, -0.05) is 18.2 Å². The summed E-state index contributed by atoms with van der Waals surface area (Å²) >= 11 is 3.30. The largest absolute Gasteiger partial charge is 0.503 e. The number of nitrogens with zero attached hydrogens (tertiary/aromatic N) is 6. The Hall–Kier alpha value is -3.33. The van der Waals surface area contributed by atoms with Gasteiger partial charge in [0.15, 0.2) is 23.0 Å². The molecule has 2 heterocycles. The van der Waals surface area contributed by atoms with Crippen molar-refractivity contribution in [2.75, 3.05) is 7.11 Å². The first-order valence-corrected chi connectivity index (χ1v) is 9.13. The van der Waals surface area contributed by atoms with Crippen LogP contribution in [0.4, 0.5) is 5.82 Å². The predicted octanol–water partition coefficient (Wildman–Crippen LogP) is 4.58. The van der Waals surface area contributed by atoms with Gasteiger partial charge in [-0.15, -0.1) is 5.11 Å². The Morgan fingerprint density at radius 1 is 1.18 bits per heavy atom. The molecule has 28 heavy (non-hydrogen) atoms. The number of fused-ring (bicyclic) bond motifs is 1. The normalized spacial score (nSPS) is 11.4. The lowest BCUT2D eigenvalue weighted by molar-refractivity contribution is 0.371. The first-order valence-electron chi connectivity index (χ1n) is 8.34. The fourth-order valence-corrected chi connectivity index (χ4v) is 3.22. The smallest absolute Gasteiger partial charge is 0.188 e. The van der Waals surface area contributed by atoms with Gasteiger partial charge < -0.3 is 9.84 Å². The molecular weight excluding hydrogens is 424 g/mol. The van der Waals surface area contributed by atoms with Gasteiger partial charge in [0.25, 0.3) is 0 Å². The number of phenols is 1. The van der Waals surface area contributed by atoms with Crippen molar-refractivity contribution in [3.63, 3.8) is 0 Å². The SMILES string of the molecule is COc1cc(CN=Nc2ncnc3c2cnn3-c2ccccc2)cc(Br)c1O. The predicted molar refractivity (Wildman–Crippen MR) is 107 cm³/mol. The summed E-state index contributed by atoms with van der Waals surface area (Å²) in [5.41, 5.74) is 2.39. The maximum Gasteiger partial charge on any atom is 0.188 e. The number of halogens is 1. The fourth-order valence-electron chi connectivity index (χ4n) is 2.73. The molecule has 2 aromatic heterocycles. The quantitative estimate of drug-likeness (QED) is 0.459.